The molecule has 3 N–H and O–H groups in total. The van der Waals surface area contributed by atoms with Crippen molar-refractivity contribution in [2.75, 3.05) is 11.9 Å². The van der Waals surface area contributed by atoms with Gasteiger partial charge in [-0.2, -0.15) is 5.26 Å². The molecule has 3 amide bonds. The van der Waals surface area contributed by atoms with Crippen molar-refractivity contribution in [3.05, 3.63) is 23.5 Å². The number of hydrogen-bond acceptors (Lipinski definition) is 6. The number of alkyl halides is 2. The minimum atomic E-state index is -3.11. The van der Waals surface area contributed by atoms with E-state index in [2.05, 4.69) is 20.9 Å². The van der Waals surface area contributed by atoms with Gasteiger partial charge in [0.25, 0.3) is 5.92 Å². The maximum atomic E-state index is 14.9. The Kier molecular flexibility index (Phi) is 7.64. The van der Waals surface area contributed by atoms with Crippen LogP contribution < -0.4 is 16.0 Å². The number of piperidine rings is 3. The van der Waals surface area contributed by atoms with Crippen molar-refractivity contribution < 1.29 is 23.2 Å². The molecule has 1 saturated carbocycles. The van der Waals surface area contributed by atoms with Crippen LogP contribution in [0.3, 0.4) is 0 Å². The molecule has 194 valence electrons. The van der Waals surface area contributed by atoms with Gasteiger partial charge in [-0.3, -0.25) is 19.4 Å². The van der Waals surface area contributed by atoms with Gasteiger partial charge in [0.2, 0.25) is 17.7 Å². The summed E-state index contributed by atoms with van der Waals surface area (Å²) >= 11 is 5.96. The monoisotopic (exact) mass is 522 g/mol. The molecule has 0 unspecified atom stereocenters. The Labute approximate surface area is 212 Å². The van der Waals surface area contributed by atoms with Gasteiger partial charge >= 0.3 is 0 Å². The highest BCUT2D eigenvalue weighted by molar-refractivity contribution is 6.30. The van der Waals surface area contributed by atoms with Crippen LogP contribution in [-0.4, -0.2) is 64.2 Å². The number of nitriles is 1. The Morgan fingerprint density at radius 2 is 2.14 bits per heavy atom. The molecule has 4 heterocycles. The Morgan fingerprint density at radius 3 is 2.81 bits per heavy atom. The first-order valence-electron chi connectivity index (χ1n) is 12.2. The number of carbonyl (C=O) groups is 3. The standard InChI is InChI=1S/C24H29ClF2N6O3/c1-13(31-17-8-15(25)11-29-12-17)23(36)33-18-4-5-19(24(26,27)9-18)20(33)22(35)32-16(10-28)7-14-3-2-6-30-21(14)34/h8,11-14,16,18-20,31H,2-7,9H2,1H3,(H,30,34)(H,32,35)/t13-,14-,16+,18-,19-,20-/m0/s1. The lowest BCUT2D eigenvalue weighted by Crippen LogP contribution is -2.70. The lowest BCUT2D eigenvalue weighted by atomic mass is 9.71. The Balaban J connectivity index is 1.52. The molecule has 4 fully saturated rings. The van der Waals surface area contributed by atoms with Gasteiger partial charge < -0.3 is 20.9 Å². The van der Waals surface area contributed by atoms with Crippen LogP contribution in [0.2, 0.25) is 5.02 Å². The fraction of sp³-hybridized carbons (Fsp3) is 0.625. The molecule has 36 heavy (non-hydrogen) atoms. The van der Waals surface area contributed by atoms with Gasteiger partial charge in [-0.25, -0.2) is 8.78 Å². The molecule has 4 aliphatic rings. The maximum absolute atomic E-state index is 14.9. The van der Waals surface area contributed by atoms with Gasteiger partial charge in [-0.15, -0.1) is 0 Å². The van der Waals surface area contributed by atoms with Crippen LogP contribution in [0.15, 0.2) is 18.5 Å². The number of pyridine rings is 1. The van der Waals surface area contributed by atoms with Crippen LogP contribution in [-0.2, 0) is 14.4 Å². The largest absolute Gasteiger partial charge is 0.373 e. The van der Waals surface area contributed by atoms with Crippen molar-refractivity contribution in [3.8, 4) is 6.07 Å². The van der Waals surface area contributed by atoms with Gasteiger partial charge in [0.05, 0.1) is 28.9 Å². The first-order valence-corrected chi connectivity index (χ1v) is 12.5. The van der Waals surface area contributed by atoms with E-state index in [1.54, 1.807) is 13.0 Å². The highest BCUT2D eigenvalue weighted by Crippen LogP contribution is 2.49. The molecule has 5 rings (SSSR count). The summed E-state index contributed by atoms with van der Waals surface area (Å²) in [7, 11) is 0. The topological polar surface area (TPSA) is 127 Å². The Bertz CT molecular complexity index is 1070. The molecular weight excluding hydrogens is 494 g/mol. The fourth-order valence-electron chi connectivity index (χ4n) is 5.60. The van der Waals surface area contributed by atoms with Gasteiger partial charge in [-0.05, 0) is 45.1 Å². The second kappa shape index (κ2) is 10.5. The van der Waals surface area contributed by atoms with Gasteiger partial charge in [0.15, 0.2) is 0 Å². The molecule has 0 radical (unpaired) electrons. The van der Waals surface area contributed by atoms with Crippen molar-refractivity contribution in [1.29, 1.82) is 5.26 Å². The predicted molar refractivity (Wildman–Crippen MR) is 127 cm³/mol. The summed E-state index contributed by atoms with van der Waals surface area (Å²) in [4.78, 5) is 44.2. The number of rotatable bonds is 7. The minimum Gasteiger partial charge on any atom is -0.373 e. The number of nitrogens with one attached hydrogen (secondary N) is 3. The average Bonchev–Trinajstić information content (AvgIpc) is 2.83. The molecule has 0 spiro atoms. The summed E-state index contributed by atoms with van der Waals surface area (Å²) < 4.78 is 29.8. The molecule has 1 aromatic rings. The van der Waals surface area contributed by atoms with Crippen molar-refractivity contribution >= 4 is 35.0 Å². The number of anilines is 1. The summed E-state index contributed by atoms with van der Waals surface area (Å²) in [5.74, 6) is -6.39. The fourth-order valence-corrected chi connectivity index (χ4v) is 5.77. The number of fused-ring (bicyclic) bond motifs is 3. The van der Waals surface area contributed by atoms with E-state index in [1.165, 1.54) is 17.3 Å². The van der Waals surface area contributed by atoms with Crippen molar-refractivity contribution in [1.82, 2.24) is 20.5 Å². The maximum Gasteiger partial charge on any atom is 0.255 e. The molecule has 3 aliphatic heterocycles. The second-order valence-corrected chi connectivity index (χ2v) is 10.2. The zero-order chi connectivity index (χ0) is 26.0. The lowest BCUT2D eigenvalue weighted by Gasteiger charge is -2.54. The molecular formula is C24H29ClF2N6O3. The summed E-state index contributed by atoms with van der Waals surface area (Å²) in [5, 5.41) is 18.3. The number of nitrogens with zero attached hydrogens (tertiary/aromatic N) is 3. The zero-order valence-corrected chi connectivity index (χ0v) is 20.6. The van der Waals surface area contributed by atoms with Crippen molar-refractivity contribution in [2.24, 2.45) is 11.8 Å². The van der Waals surface area contributed by atoms with Gasteiger partial charge in [-0.1, -0.05) is 11.6 Å². The second-order valence-electron chi connectivity index (χ2n) is 9.81. The summed E-state index contributed by atoms with van der Waals surface area (Å²) in [5.41, 5.74) is 0.479. The van der Waals surface area contributed by atoms with E-state index >= 15 is 0 Å². The summed E-state index contributed by atoms with van der Waals surface area (Å²) in [6.07, 6.45) is 4.30. The van der Waals surface area contributed by atoms with Crippen molar-refractivity contribution in [3.63, 3.8) is 0 Å². The van der Waals surface area contributed by atoms with E-state index in [9.17, 15) is 28.4 Å². The third kappa shape index (κ3) is 5.38. The molecule has 1 aliphatic carbocycles. The molecule has 3 saturated heterocycles. The third-order valence-electron chi connectivity index (χ3n) is 7.31. The third-order valence-corrected chi connectivity index (χ3v) is 7.52. The molecule has 2 bridgehead atoms. The molecule has 6 atom stereocenters. The Morgan fingerprint density at radius 1 is 1.36 bits per heavy atom. The van der Waals surface area contributed by atoms with E-state index in [0.717, 1.165) is 6.42 Å². The predicted octanol–water partition coefficient (Wildman–Crippen LogP) is 2.47. The molecule has 9 nitrogen and oxygen atoms in total. The molecule has 1 aromatic heterocycles. The smallest absolute Gasteiger partial charge is 0.255 e. The highest BCUT2D eigenvalue weighted by atomic mass is 35.5. The van der Waals surface area contributed by atoms with Gasteiger partial charge in [0, 0.05) is 31.1 Å². The van der Waals surface area contributed by atoms with E-state index in [-0.39, 0.29) is 18.7 Å². The Hall–Kier alpha value is -3.00. The molecule has 0 aromatic carbocycles. The van der Waals surface area contributed by atoms with E-state index in [1.807, 2.05) is 6.07 Å². The quantitative estimate of drug-likeness (QED) is 0.505. The number of aromatic nitrogens is 1. The van der Waals surface area contributed by atoms with E-state index in [4.69, 9.17) is 11.6 Å². The van der Waals surface area contributed by atoms with Crippen LogP contribution in [0.25, 0.3) is 0 Å². The van der Waals surface area contributed by atoms with E-state index in [0.29, 0.717) is 30.1 Å². The number of amides is 3. The summed E-state index contributed by atoms with van der Waals surface area (Å²) in [6.45, 7) is 2.14. The SMILES string of the molecule is C[C@H](Nc1cncc(Cl)c1)C(=O)N1[C@H]2CC[C@@H]([C@H]1C(=O)N[C@@H](C#N)C[C@@H]1CCCNC1=O)C(F)(F)C2. The lowest BCUT2D eigenvalue weighted by molar-refractivity contribution is -0.194. The van der Waals surface area contributed by atoms with Crippen LogP contribution in [0, 0.1) is 23.2 Å². The summed E-state index contributed by atoms with van der Waals surface area (Å²) in [6, 6.07) is -0.547. The number of halogens is 3. The normalized spacial score (nSPS) is 28.4. The minimum absolute atomic E-state index is 0.0823. The number of carbonyl (C=O) groups excluding carboxylic acids is 3. The van der Waals surface area contributed by atoms with Crippen molar-refractivity contribution in [2.45, 2.75) is 75.5 Å². The zero-order valence-electron chi connectivity index (χ0n) is 19.8. The first-order chi connectivity index (χ1) is 17.1. The van der Waals surface area contributed by atoms with Gasteiger partial charge in [0.1, 0.15) is 18.1 Å². The van der Waals surface area contributed by atoms with E-state index < -0.39 is 60.2 Å². The van der Waals surface area contributed by atoms with Crippen LogP contribution in [0.1, 0.15) is 45.4 Å². The van der Waals surface area contributed by atoms with Crippen LogP contribution in [0.4, 0.5) is 14.5 Å². The average molecular weight is 523 g/mol. The highest BCUT2D eigenvalue weighted by Gasteiger charge is 2.60. The van der Waals surface area contributed by atoms with Crippen LogP contribution >= 0.6 is 11.6 Å². The number of hydrogen-bond donors (Lipinski definition) is 3. The molecule has 12 heteroatoms. The van der Waals surface area contributed by atoms with Crippen LogP contribution in [0.5, 0.6) is 0 Å². The first kappa shape index (κ1) is 26.1.